The fourth-order valence-corrected chi connectivity index (χ4v) is 7.91. The van der Waals surface area contributed by atoms with Gasteiger partial charge in [0.1, 0.15) is 36.1 Å². The molecule has 0 bridgehead atoms. The third kappa shape index (κ3) is 6.15. The first-order chi connectivity index (χ1) is 20.0. The average Bonchev–Trinajstić information content (AvgIpc) is 3.76. The SMILES string of the molecule is Cc1cc(OCC2(O)CCS(O)(O)CC2)cc2c1-c1cc(COc3ccc([C@H]4C[C@@H]4C(=O)O)c(F)c3)ccc1CCC2. The molecule has 1 saturated carbocycles. The second-order valence-corrected chi connectivity index (χ2v) is 14.5. The van der Waals surface area contributed by atoms with Crippen molar-refractivity contribution in [3.63, 3.8) is 0 Å². The highest BCUT2D eigenvalue weighted by Gasteiger charge is 2.45. The number of benzene rings is 3. The molecule has 0 spiro atoms. The molecule has 1 saturated heterocycles. The number of aliphatic carboxylic acids is 1. The van der Waals surface area contributed by atoms with Gasteiger partial charge in [0, 0.05) is 23.5 Å². The van der Waals surface area contributed by atoms with E-state index >= 15 is 0 Å². The van der Waals surface area contributed by atoms with E-state index in [-0.39, 0.29) is 30.6 Å². The maximum absolute atomic E-state index is 14.7. The minimum Gasteiger partial charge on any atom is -0.491 e. The minimum atomic E-state index is -2.58. The number of halogens is 1. The monoisotopic (exact) mass is 596 g/mol. The van der Waals surface area contributed by atoms with Crippen LogP contribution in [-0.2, 0) is 24.2 Å². The summed E-state index contributed by atoms with van der Waals surface area (Å²) >= 11 is 0. The number of carboxylic acid groups (broad SMARTS) is 1. The molecular weight excluding hydrogens is 559 g/mol. The van der Waals surface area contributed by atoms with Crippen molar-refractivity contribution in [2.75, 3.05) is 18.1 Å². The smallest absolute Gasteiger partial charge is 0.307 e. The third-order valence-corrected chi connectivity index (χ3v) is 10.6. The fourth-order valence-electron chi connectivity index (χ4n) is 6.30. The van der Waals surface area contributed by atoms with Crippen molar-refractivity contribution in [1.82, 2.24) is 0 Å². The first kappa shape index (κ1) is 29.0. The molecule has 9 heteroatoms. The van der Waals surface area contributed by atoms with Gasteiger partial charge in [-0.25, -0.2) is 4.39 Å². The van der Waals surface area contributed by atoms with Gasteiger partial charge >= 0.3 is 5.97 Å². The summed E-state index contributed by atoms with van der Waals surface area (Å²) in [4.78, 5) is 11.2. The Morgan fingerprint density at radius 1 is 1.00 bits per heavy atom. The van der Waals surface area contributed by atoms with E-state index in [9.17, 15) is 23.4 Å². The highest BCUT2D eigenvalue weighted by Crippen LogP contribution is 2.49. The zero-order valence-electron chi connectivity index (χ0n) is 23.6. The van der Waals surface area contributed by atoms with Crippen LogP contribution in [0.3, 0.4) is 0 Å². The van der Waals surface area contributed by atoms with E-state index in [1.54, 1.807) is 12.1 Å². The minimum absolute atomic E-state index is 0.112. The van der Waals surface area contributed by atoms with E-state index in [4.69, 9.17) is 14.6 Å². The summed E-state index contributed by atoms with van der Waals surface area (Å²) in [5.41, 5.74) is 6.18. The molecule has 3 aromatic carbocycles. The van der Waals surface area contributed by atoms with Crippen LogP contribution >= 0.6 is 10.6 Å². The lowest BCUT2D eigenvalue weighted by molar-refractivity contribution is -0.138. The molecule has 1 aliphatic heterocycles. The number of aliphatic hydroxyl groups is 1. The Morgan fingerprint density at radius 3 is 2.48 bits per heavy atom. The maximum atomic E-state index is 14.7. The summed E-state index contributed by atoms with van der Waals surface area (Å²) in [6.45, 7) is 2.45. The molecule has 1 heterocycles. The lowest BCUT2D eigenvalue weighted by atomic mass is 9.91. The molecule has 224 valence electrons. The Labute approximate surface area is 246 Å². The van der Waals surface area contributed by atoms with Gasteiger partial charge in [-0.15, -0.1) is 0 Å². The van der Waals surface area contributed by atoms with E-state index in [1.807, 2.05) is 12.1 Å². The lowest BCUT2D eigenvalue weighted by Crippen LogP contribution is -2.42. The summed E-state index contributed by atoms with van der Waals surface area (Å²) in [5.74, 6) is -0.584. The lowest BCUT2D eigenvalue weighted by Gasteiger charge is -2.43. The summed E-state index contributed by atoms with van der Waals surface area (Å²) in [6, 6.07) is 15.1. The van der Waals surface area contributed by atoms with Crippen molar-refractivity contribution in [2.45, 2.75) is 63.6 Å². The Bertz CT molecular complexity index is 1510. The number of hydrogen-bond acceptors (Lipinski definition) is 6. The molecule has 4 N–H and O–H groups in total. The predicted molar refractivity (Wildman–Crippen MR) is 160 cm³/mol. The van der Waals surface area contributed by atoms with Gasteiger partial charge in [-0.2, -0.15) is 10.6 Å². The average molecular weight is 597 g/mol. The van der Waals surface area contributed by atoms with Gasteiger partial charge < -0.3 is 19.7 Å². The first-order valence-electron chi connectivity index (χ1n) is 14.5. The topological polar surface area (TPSA) is 116 Å². The molecule has 0 radical (unpaired) electrons. The highest BCUT2D eigenvalue weighted by molar-refractivity contribution is 8.24. The number of aryl methyl sites for hydroxylation is 3. The molecule has 0 aromatic heterocycles. The Kier molecular flexibility index (Phi) is 7.72. The molecule has 0 amide bonds. The molecule has 2 fully saturated rings. The van der Waals surface area contributed by atoms with E-state index in [0.29, 0.717) is 36.3 Å². The number of hydrogen-bond donors (Lipinski definition) is 4. The Morgan fingerprint density at radius 2 is 1.76 bits per heavy atom. The normalized spacial score (nSPS) is 22.7. The third-order valence-electron chi connectivity index (χ3n) is 8.91. The van der Waals surface area contributed by atoms with Crippen molar-refractivity contribution in [2.24, 2.45) is 5.92 Å². The van der Waals surface area contributed by atoms with Gasteiger partial charge in [-0.05, 0) is 109 Å². The maximum Gasteiger partial charge on any atom is 0.307 e. The van der Waals surface area contributed by atoms with E-state index in [1.165, 1.54) is 22.8 Å². The van der Waals surface area contributed by atoms with Crippen LogP contribution in [0.5, 0.6) is 11.5 Å². The van der Waals surface area contributed by atoms with Crippen LogP contribution in [0.4, 0.5) is 4.39 Å². The zero-order valence-corrected chi connectivity index (χ0v) is 24.5. The molecule has 6 rings (SSSR count). The van der Waals surface area contributed by atoms with Crippen molar-refractivity contribution < 1.29 is 38.0 Å². The van der Waals surface area contributed by atoms with Crippen LogP contribution in [0.25, 0.3) is 11.1 Å². The van der Waals surface area contributed by atoms with Crippen LogP contribution in [0.15, 0.2) is 48.5 Å². The summed E-state index contributed by atoms with van der Waals surface area (Å²) in [6.07, 6.45) is 3.91. The molecule has 3 aliphatic rings. The van der Waals surface area contributed by atoms with Gasteiger partial charge in [0.15, 0.2) is 0 Å². The summed E-state index contributed by atoms with van der Waals surface area (Å²) < 4.78 is 46.5. The summed E-state index contributed by atoms with van der Waals surface area (Å²) in [5, 5.41) is 20.1. The van der Waals surface area contributed by atoms with Crippen molar-refractivity contribution >= 4 is 16.6 Å². The van der Waals surface area contributed by atoms with Crippen LogP contribution in [0.1, 0.15) is 59.4 Å². The summed E-state index contributed by atoms with van der Waals surface area (Å²) in [7, 11) is -2.58. The van der Waals surface area contributed by atoms with Crippen LogP contribution in [0.2, 0.25) is 0 Å². The zero-order chi connectivity index (χ0) is 29.6. The van der Waals surface area contributed by atoms with E-state index < -0.39 is 33.9 Å². The van der Waals surface area contributed by atoms with Crippen LogP contribution in [0, 0.1) is 18.7 Å². The molecule has 7 nitrogen and oxygen atoms in total. The second-order valence-electron chi connectivity index (χ2n) is 12.1. The largest absolute Gasteiger partial charge is 0.491 e. The highest BCUT2D eigenvalue weighted by atomic mass is 32.3. The molecule has 42 heavy (non-hydrogen) atoms. The molecule has 2 atom stereocenters. The molecule has 3 aromatic rings. The number of carbonyl (C=O) groups is 1. The molecular formula is C33H37FO7S. The fraction of sp³-hybridized carbons (Fsp3) is 0.424. The van der Waals surface area contributed by atoms with Crippen LogP contribution in [-0.4, -0.2) is 49.0 Å². The number of ether oxygens (including phenoxy) is 2. The standard InChI is InChI=1S/C33H37FO7S/c1-20-13-25(41-19-33(37)9-11-42(38,39)12-10-33)15-23-4-2-3-22-6-5-21(14-27(22)31(20)23)18-40-24-7-8-26(30(34)16-24)28-17-29(28)32(35)36/h5-8,13-16,28-29,37-39H,2-4,9-12,17-19H2,1H3,(H,35,36)/t28-,29+/m1/s1. The predicted octanol–water partition coefficient (Wildman–Crippen LogP) is 6.71. The van der Waals surface area contributed by atoms with Crippen molar-refractivity contribution in [3.05, 3.63) is 82.2 Å². The van der Waals surface area contributed by atoms with Crippen molar-refractivity contribution in [1.29, 1.82) is 0 Å². The van der Waals surface area contributed by atoms with Gasteiger partial charge in [-0.1, -0.05) is 18.2 Å². The van der Waals surface area contributed by atoms with Crippen molar-refractivity contribution in [3.8, 4) is 22.6 Å². The van der Waals surface area contributed by atoms with E-state index in [2.05, 4.69) is 25.1 Å². The number of carboxylic acids is 1. The number of fused-ring (bicyclic) bond motifs is 3. The Hall–Kier alpha value is -3.11. The van der Waals surface area contributed by atoms with E-state index in [0.717, 1.165) is 36.0 Å². The molecule has 2 aliphatic carbocycles. The van der Waals surface area contributed by atoms with Crippen LogP contribution < -0.4 is 9.47 Å². The van der Waals surface area contributed by atoms with Gasteiger partial charge in [-0.3, -0.25) is 13.9 Å². The number of rotatable bonds is 8. The second kappa shape index (κ2) is 11.2. The molecule has 0 unspecified atom stereocenters. The first-order valence-corrected chi connectivity index (χ1v) is 16.4. The Balaban J connectivity index is 1.16. The van der Waals surface area contributed by atoms with Gasteiger partial charge in [0.2, 0.25) is 0 Å². The van der Waals surface area contributed by atoms with Gasteiger partial charge in [0.25, 0.3) is 0 Å². The van der Waals surface area contributed by atoms with Gasteiger partial charge in [0.05, 0.1) is 5.92 Å². The quantitative estimate of drug-likeness (QED) is 0.228.